The fourth-order valence-corrected chi connectivity index (χ4v) is 11.6. The number of hydrogen-bond acceptors (Lipinski definition) is 0. The number of halogens is 1. The molecule has 0 atom stereocenters. The molecule has 0 saturated heterocycles. The van der Waals surface area contributed by atoms with Gasteiger partial charge in [-0.25, -0.2) is 0 Å². The maximum Gasteiger partial charge on any atom is 0.169 e. The van der Waals surface area contributed by atoms with Crippen LogP contribution in [0.5, 0.6) is 0 Å². The Bertz CT molecular complexity index is 576. The van der Waals surface area contributed by atoms with Crippen LogP contribution in [0.25, 0.3) is 10.9 Å². The molecule has 0 aliphatic rings. The molecule has 2 rings (SSSR count). The second-order valence-corrected chi connectivity index (χ2v) is 13.6. The number of hydrogen-bond donors (Lipinski definition) is 0. The number of fused-ring (bicyclic) bond motifs is 1. The molecule has 1 aromatic heterocycles. The zero-order valence-electron chi connectivity index (χ0n) is 13.4. The van der Waals surface area contributed by atoms with Gasteiger partial charge in [-0.1, -0.05) is 47.6 Å². The molecule has 0 aliphatic carbocycles. The van der Waals surface area contributed by atoms with Gasteiger partial charge < -0.3 is 4.23 Å². The predicted molar refractivity (Wildman–Crippen MR) is 101 cm³/mol. The van der Waals surface area contributed by atoms with E-state index in [-0.39, 0.29) is 0 Å². The summed E-state index contributed by atoms with van der Waals surface area (Å²) in [4.78, 5) is 0. The topological polar surface area (TPSA) is 4.93 Å². The summed E-state index contributed by atoms with van der Waals surface area (Å²) in [6.07, 6.45) is 2.36. The van der Waals surface area contributed by atoms with E-state index in [4.69, 9.17) is 0 Å². The third kappa shape index (κ3) is 2.27. The SMILES string of the molecule is CC(C)[Si](C(C)C)(C(C)C)n1ccc2c(I)cccc21. The Morgan fingerprint density at radius 2 is 1.45 bits per heavy atom. The summed E-state index contributed by atoms with van der Waals surface area (Å²) in [5.74, 6) is 0. The van der Waals surface area contributed by atoms with Crippen molar-refractivity contribution in [1.82, 2.24) is 4.23 Å². The van der Waals surface area contributed by atoms with Crippen molar-refractivity contribution in [2.45, 2.75) is 58.2 Å². The van der Waals surface area contributed by atoms with Gasteiger partial charge in [0.15, 0.2) is 8.24 Å². The van der Waals surface area contributed by atoms with Crippen LogP contribution in [0.15, 0.2) is 30.5 Å². The van der Waals surface area contributed by atoms with Gasteiger partial charge in [-0.2, -0.15) is 0 Å². The number of aromatic nitrogens is 1. The van der Waals surface area contributed by atoms with E-state index >= 15 is 0 Å². The van der Waals surface area contributed by atoms with Gasteiger partial charge in [-0.15, -0.1) is 0 Å². The van der Waals surface area contributed by atoms with E-state index in [0.29, 0.717) is 0 Å². The minimum Gasteiger partial charge on any atom is -0.373 e. The minimum absolute atomic E-state index is 0.732. The molecule has 0 saturated carbocycles. The molecule has 110 valence electrons. The van der Waals surface area contributed by atoms with Crippen molar-refractivity contribution in [3.05, 3.63) is 34.0 Å². The average Bonchev–Trinajstić information content (AvgIpc) is 2.74. The normalized spacial score (nSPS) is 13.1. The molecule has 0 bridgehead atoms. The first-order valence-electron chi connectivity index (χ1n) is 7.59. The van der Waals surface area contributed by atoms with Crippen LogP contribution in [-0.4, -0.2) is 12.5 Å². The summed E-state index contributed by atoms with van der Waals surface area (Å²) < 4.78 is 4.04. The molecular formula is C17H26INSi. The highest BCUT2D eigenvalue weighted by Crippen LogP contribution is 2.44. The van der Waals surface area contributed by atoms with Crippen molar-refractivity contribution >= 4 is 41.7 Å². The lowest BCUT2D eigenvalue weighted by Gasteiger charge is -2.44. The molecule has 3 heteroatoms. The summed E-state index contributed by atoms with van der Waals surface area (Å²) in [5.41, 5.74) is 3.63. The maximum absolute atomic E-state index is 2.69. The number of nitrogens with zero attached hydrogens (tertiary/aromatic N) is 1. The van der Waals surface area contributed by atoms with E-state index in [1.165, 1.54) is 14.5 Å². The highest BCUT2D eigenvalue weighted by atomic mass is 127. The van der Waals surface area contributed by atoms with E-state index in [1.54, 1.807) is 0 Å². The van der Waals surface area contributed by atoms with Gasteiger partial charge in [0.25, 0.3) is 0 Å². The first-order valence-corrected chi connectivity index (χ1v) is 10.8. The smallest absolute Gasteiger partial charge is 0.169 e. The fourth-order valence-electron chi connectivity index (χ4n) is 4.30. The van der Waals surface area contributed by atoms with Crippen molar-refractivity contribution in [1.29, 1.82) is 0 Å². The maximum atomic E-state index is 2.69. The zero-order valence-corrected chi connectivity index (χ0v) is 16.6. The zero-order chi connectivity index (χ0) is 15.1. The van der Waals surface area contributed by atoms with Crippen molar-refractivity contribution in [3.63, 3.8) is 0 Å². The fraction of sp³-hybridized carbons (Fsp3) is 0.529. The highest BCUT2D eigenvalue weighted by molar-refractivity contribution is 14.1. The summed E-state index contributed by atoms with van der Waals surface area (Å²) in [6, 6.07) is 9.01. The summed E-state index contributed by atoms with van der Waals surface area (Å²) in [6.45, 7) is 14.5. The molecule has 1 nitrogen and oxygen atoms in total. The van der Waals surface area contributed by atoms with Crippen molar-refractivity contribution in [2.75, 3.05) is 0 Å². The van der Waals surface area contributed by atoms with Crippen molar-refractivity contribution in [2.24, 2.45) is 0 Å². The molecular weight excluding hydrogens is 373 g/mol. The second kappa shape index (κ2) is 5.83. The Kier molecular flexibility index (Phi) is 4.69. The second-order valence-electron chi connectivity index (χ2n) is 6.71. The molecule has 0 spiro atoms. The predicted octanol–water partition coefficient (Wildman–Crippen LogP) is 6.27. The third-order valence-corrected chi connectivity index (χ3v) is 12.6. The van der Waals surface area contributed by atoms with Crippen LogP contribution in [0.1, 0.15) is 41.5 Å². The first-order chi connectivity index (χ1) is 9.33. The van der Waals surface area contributed by atoms with E-state index in [0.717, 1.165) is 16.6 Å². The van der Waals surface area contributed by atoms with Gasteiger partial charge >= 0.3 is 0 Å². The van der Waals surface area contributed by atoms with Gasteiger partial charge in [0, 0.05) is 14.5 Å². The summed E-state index contributed by atoms with van der Waals surface area (Å²) >= 11 is 2.45. The molecule has 0 aliphatic heterocycles. The van der Waals surface area contributed by atoms with Crippen LogP contribution in [0.4, 0.5) is 0 Å². The van der Waals surface area contributed by atoms with Crippen molar-refractivity contribution < 1.29 is 0 Å². The van der Waals surface area contributed by atoms with E-state index in [1.807, 2.05) is 0 Å². The molecule has 0 fully saturated rings. The van der Waals surface area contributed by atoms with Gasteiger partial charge in [-0.3, -0.25) is 0 Å². The first kappa shape index (κ1) is 16.1. The Labute approximate surface area is 138 Å². The third-order valence-electron chi connectivity index (χ3n) is 4.87. The van der Waals surface area contributed by atoms with Crippen LogP contribution in [0, 0.1) is 3.57 Å². The Morgan fingerprint density at radius 3 is 1.95 bits per heavy atom. The largest absolute Gasteiger partial charge is 0.373 e. The van der Waals surface area contributed by atoms with E-state index < -0.39 is 8.24 Å². The lowest BCUT2D eigenvalue weighted by atomic mass is 10.3. The van der Waals surface area contributed by atoms with Gasteiger partial charge in [0.2, 0.25) is 0 Å². The quantitative estimate of drug-likeness (QED) is 0.422. The lowest BCUT2D eigenvalue weighted by molar-refractivity contribution is 0.773. The molecule has 0 N–H and O–H groups in total. The lowest BCUT2D eigenvalue weighted by Crippen LogP contribution is -2.51. The highest BCUT2D eigenvalue weighted by Gasteiger charge is 2.45. The van der Waals surface area contributed by atoms with Crippen LogP contribution in [0.2, 0.25) is 16.6 Å². The van der Waals surface area contributed by atoms with Crippen molar-refractivity contribution in [3.8, 4) is 0 Å². The van der Waals surface area contributed by atoms with Gasteiger partial charge in [0.1, 0.15) is 0 Å². The summed E-state index contributed by atoms with van der Waals surface area (Å²) in [5, 5.41) is 1.41. The standard InChI is InChI=1S/C17H26INSi/c1-12(2)20(13(3)4,14(5)6)19-11-10-15-16(18)8-7-9-17(15)19/h7-14H,1-6H3. The molecule has 1 aromatic carbocycles. The van der Waals surface area contributed by atoms with Crippen LogP contribution in [-0.2, 0) is 0 Å². The van der Waals surface area contributed by atoms with Gasteiger partial charge in [-0.05, 0) is 63.6 Å². The molecule has 0 amide bonds. The Morgan fingerprint density at radius 1 is 0.900 bits per heavy atom. The molecule has 2 aromatic rings. The summed E-state index contributed by atoms with van der Waals surface area (Å²) in [7, 11) is -1.63. The van der Waals surface area contributed by atoms with Crippen LogP contribution in [0.3, 0.4) is 0 Å². The average molecular weight is 399 g/mol. The molecule has 20 heavy (non-hydrogen) atoms. The minimum atomic E-state index is -1.63. The van der Waals surface area contributed by atoms with Gasteiger partial charge in [0.05, 0.1) is 0 Å². The van der Waals surface area contributed by atoms with E-state index in [9.17, 15) is 0 Å². The van der Waals surface area contributed by atoms with E-state index in [2.05, 4.69) is 98.8 Å². The van der Waals surface area contributed by atoms with Crippen LogP contribution < -0.4 is 0 Å². The molecule has 1 heterocycles. The van der Waals surface area contributed by atoms with Crippen LogP contribution >= 0.6 is 22.6 Å². The monoisotopic (exact) mass is 399 g/mol. The molecule has 0 radical (unpaired) electrons. The Hall–Kier alpha value is -0.293. The number of rotatable bonds is 4. The number of benzene rings is 1. The molecule has 0 unspecified atom stereocenters. The Balaban J connectivity index is 2.79.